The average Bonchev–Trinajstić information content (AvgIpc) is 3.37. The molecule has 0 bridgehead atoms. The van der Waals surface area contributed by atoms with Crippen molar-refractivity contribution in [2.75, 3.05) is 23.3 Å². The summed E-state index contributed by atoms with van der Waals surface area (Å²) in [5.74, 6) is -5.91. The number of aliphatic carboxylic acids is 1. The van der Waals surface area contributed by atoms with Crippen molar-refractivity contribution >= 4 is 34.9 Å². The van der Waals surface area contributed by atoms with Gasteiger partial charge in [0.25, 0.3) is 0 Å². The number of hydrogen-bond donors (Lipinski definition) is 3. The average molecular weight is 704 g/mol. The van der Waals surface area contributed by atoms with Gasteiger partial charge >= 0.3 is 24.4 Å². The molecule has 3 N–H and O–H groups in total. The van der Waals surface area contributed by atoms with Crippen LogP contribution in [0.15, 0.2) is 55.0 Å². The maximum atomic E-state index is 14.4. The highest BCUT2D eigenvalue weighted by molar-refractivity contribution is 5.75. The lowest BCUT2D eigenvalue weighted by Crippen LogP contribution is -2.54. The number of fused-ring (bicyclic) bond motifs is 1. The number of pyridine rings is 1. The summed E-state index contributed by atoms with van der Waals surface area (Å²) in [7, 11) is 0. The second-order valence-corrected chi connectivity index (χ2v) is 11.8. The van der Waals surface area contributed by atoms with Gasteiger partial charge in [-0.3, -0.25) is 4.98 Å². The Labute approximate surface area is 272 Å². The Morgan fingerprint density at radius 3 is 2.20 bits per heavy atom. The number of carbonyl (C=O) groups excluding carboxylic acids is 1. The number of carbonyl (C=O) groups is 2. The molecule has 2 atom stereocenters. The van der Waals surface area contributed by atoms with Crippen molar-refractivity contribution in [3.05, 3.63) is 66.6 Å². The molecular weight excluding hydrogens is 674 g/mol. The molecule has 1 aromatic carbocycles. The lowest BCUT2D eigenvalue weighted by Gasteiger charge is -2.40. The number of nitrogens with zero attached hydrogens (tertiary/aromatic N) is 5. The topological polar surface area (TPSA) is 134 Å². The second kappa shape index (κ2) is 14.1. The van der Waals surface area contributed by atoms with Gasteiger partial charge in [0.1, 0.15) is 17.2 Å². The quantitative estimate of drug-likeness (QED) is 0.194. The van der Waals surface area contributed by atoms with E-state index in [0.29, 0.717) is 16.9 Å². The normalized spacial score (nSPS) is 16.8. The summed E-state index contributed by atoms with van der Waals surface area (Å²) in [6.07, 6.45) is -6.36. The Balaban J connectivity index is 0.000000698. The lowest BCUT2D eigenvalue weighted by atomic mass is 9.93. The number of ether oxygens (including phenoxy) is 1. The molecule has 0 unspecified atom stereocenters. The number of piperidine rings is 1. The zero-order valence-corrected chi connectivity index (χ0v) is 25.9. The van der Waals surface area contributed by atoms with Crippen LogP contribution in [0, 0.1) is 17.6 Å². The number of nitrogens with one attached hydrogen (secondary N) is 2. The fourth-order valence-electron chi connectivity index (χ4n) is 4.84. The van der Waals surface area contributed by atoms with Gasteiger partial charge < -0.3 is 25.4 Å². The molecule has 1 fully saturated rings. The first-order chi connectivity index (χ1) is 22.7. The van der Waals surface area contributed by atoms with Gasteiger partial charge in [-0.15, -0.1) is 0 Å². The van der Waals surface area contributed by atoms with Crippen molar-refractivity contribution in [2.45, 2.75) is 51.2 Å². The molecule has 1 amide bonds. The van der Waals surface area contributed by atoms with Gasteiger partial charge in [0, 0.05) is 19.3 Å². The predicted molar refractivity (Wildman–Crippen MR) is 159 cm³/mol. The van der Waals surface area contributed by atoms with Crippen LogP contribution in [0.5, 0.6) is 0 Å². The predicted octanol–water partition coefficient (Wildman–Crippen LogP) is 6.73. The summed E-state index contributed by atoms with van der Waals surface area (Å²) in [5.41, 5.74) is 0.0845. The zero-order chi connectivity index (χ0) is 36.3. The van der Waals surface area contributed by atoms with Crippen molar-refractivity contribution in [1.82, 2.24) is 24.9 Å². The lowest BCUT2D eigenvalue weighted by molar-refractivity contribution is -0.192. The Bertz CT molecular complexity index is 1790. The number of amides is 1. The number of alkyl carbamates (subject to hydrolysis) is 1. The number of benzene rings is 1. The van der Waals surface area contributed by atoms with Crippen LogP contribution in [0.2, 0.25) is 0 Å². The number of rotatable bonds is 5. The SMILES string of the molecule is CC(C)(C)OC(=O)N[C@H]1C[C@H](C(F)(F)F)CN(c2ccncc2Nc2ncc3ccc(-c4c(F)cccc4F)nn23)C1.O=C(O)C(F)(F)F. The van der Waals surface area contributed by atoms with Crippen LogP contribution in [-0.2, 0) is 9.53 Å². The van der Waals surface area contributed by atoms with Crippen LogP contribution >= 0.6 is 0 Å². The number of anilines is 3. The van der Waals surface area contributed by atoms with Crippen LogP contribution in [0.1, 0.15) is 27.2 Å². The molecule has 1 saturated heterocycles. The Morgan fingerprint density at radius 2 is 1.61 bits per heavy atom. The molecule has 0 aliphatic carbocycles. The maximum absolute atomic E-state index is 14.4. The summed E-state index contributed by atoms with van der Waals surface area (Å²) in [6, 6.07) is 7.23. The van der Waals surface area contributed by atoms with Crippen LogP contribution < -0.4 is 15.5 Å². The molecule has 19 heteroatoms. The van der Waals surface area contributed by atoms with Gasteiger partial charge in [-0.2, -0.15) is 36.0 Å². The van der Waals surface area contributed by atoms with Crippen molar-refractivity contribution in [3.63, 3.8) is 0 Å². The smallest absolute Gasteiger partial charge is 0.475 e. The second-order valence-electron chi connectivity index (χ2n) is 11.8. The number of hydrogen-bond acceptors (Lipinski definition) is 8. The van der Waals surface area contributed by atoms with E-state index in [0.717, 1.165) is 12.1 Å². The van der Waals surface area contributed by atoms with Gasteiger partial charge in [-0.05, 0) is 57.5 Å². The molecule has 3 aromatic heterocycles. The van der Waals surface area contributed by atoms with E-state index in [2.05, 4.69) is 25.7 Å². The zero-order valence-electron chi connectivity index (χ0n) is 25.9. The summed E-state index contributed by atoms with van der Waals surface area (Å²) in [5, 5.41) is 17.1. The van der Waals surface area contributed by atoms with Crippen molar-refractivity contribution in [1.29, 1.82) is 0 Å². The largest absolute Gasteiger partial charge is 0.490 e. The Kier molecular flexibility index (Phi) is 10.5. The maximum Gasteiger partial charge on any atom is 0.490 e. The third-order valence-corrected chi connectivity index (χ3v) is 6.86. The van der Waals surface area contributed by atoms with Gasteiger partial charge in [0.05, 0.1) is 52.5 Å². The first kappa shape index (κ1) is 36.6. The number of halogens is 8. The molecule has 5 rings (SSSR count). The standard InChI is InChI=1S/C28H28F5N7O2.C2HF3O2/c1-27(2,3)42-26(41)36-17-11-16(28(31,32)33)14-39(15-17)23-9-10-34-13-22(23)37-25-35-12-18-7-8-21(38-40(18)25)24-19(29)5-4-6-20(24)30;3-2(4,5)1(6)7/h4-10,12-13,16-17H,11,14-15H2,1-3H3,(H,35,37)(H,36,41);(H,6,7)/t16-,17-;/m0./s1. The molecule has 4 heterocycles. The Hall–Kier alpha value is -5.23. The van der Waals surface area contributed by atoms with E-state index >= 15 is 0 Å². The highest BCUT2D eigenvalue weighted by atomic mass is 19.4. The highest BCUT2D eigenvalue weighted by Gasteiger charge is 2.45. The molecular formula is C30H29F8N7O4. The molecule has 1 aliphatic rings. The van der Waals surface area contributed by atoms with Crippen LogP contribution in [0.3, 0.4) is 0 Å². The molecule has 11 nitrogen and oxygen atoms in total. The van der Waals surface area contributed by atoms with Gasteiger partial charge in [0.15, 0.2) is 0 Å². The monoisotopic (exact) mass is 703 g/mol. The van der Waals surface area contributed by atoms with Gasteiger partial charge in [-0.25, -0.2) is 23.4 Å². The molecule has 0 spiro atoms. The molecule has 49 heavy (non-hydrogen) atoms. The minimum atomic E-state index is -5.08. The van der Waals surface area contributed by atoms with Gasteiger partial charge in [0.2, 0.25) is 5.95 Å². The summed E-state index contributed by atoms with van der Waals surface area (Å²) in [4.78, 5) is 31.2. The minimum Gasteiger partial charge on any atom is -0.475 e. The highest BCUT2D eigenvalue weighted by Crippen LogP contribution is 2.37. The molecule has 0 radical (unpaired) electrons. The molecule has 4 aromatic rings. The summed E-state index contributed by atoms with van der Waals surface area (Å²) >= 11 is 0. The number of aromatic nitrogens is 4. The minimum absolute atomic E-state index is 0.0191. The van der Waals surface area contributed by atoms with Crippen molar-refractivity contribution in [3.8, 4) is 11.3 Å². The van der Waals surface area contributed by atoms with Crippen molar-refractivity contribution in [2.24, 2.45) is 5.92 Å². The molecule has 264 valence electrons. The fourth-order valence-corrected chi connectivity index (χ4v) is 4.84. The van der Waals surface area contributed by atoms with E-state index in [1.165, 1.54) is 40.1 Å². The van der Waals surface area contributed by atoms with Crippen LogP contribution in [0.4, 0.5) is 57.2 Å². The number of imidazole rings is 1. The summed E-state index contributed by atoms with van der Waals surface area (Å²) in [6.45, 7) is 4.71. The van der Waals surface area contributed by atoms with Crippen molar-refractivity contribution < 1.29 is 54.6 Å². The first-order valence-corrected chi connectivity index (χ1v) is 14.3. The van der Waals surface area contributed by atoms with E-state index in [1.807, 2.05) is 0 Å². The first-order valence-electron chi connectivity index (χ1n) is 14.3. The third kappa shape index (κ3) is 9.44. The molecule has 1 aliphatic heterocycles. The van der Waals surface area contributed by atoms with Crippen LogP contribution in [-0.4, -0.2) is 73.8 Å². The molecule has 0 saturated carbocycles. The fraction of sp³-hybridized carbons (Fsp3) is 0.367. The van der Waals surface area contributed by atoms with E-state index in [-0.39, 0.29) is 36.7 Å². The van der Waals surface area contributed by atoms with E-state index in [1.54, 1.807) is 32.9 Å². The van der Waals surface area contributed by atoms with E-state index in [9.17, 15) is 39.9 Å². The number of alkyl halides is 6. The number of carboxylic acid groups (broad SMARTS) is 1. The third-order valence-electron chi connectivity index (χ3n) is 6.86. The van der Waals surface area contributed by atoms with E-state index < -0.39 is 53.6 Å². The number of carboxylic acids is 1. The Morgan fingerprint density at radius 1 is 0.959 bits per heavy atom. The summed E-state index contributed by atoms with van der Waals surface area (Å²) < 4.78 is 109. The van der Waals surface area contributed by atoms with Crippen LogP contribution in [0.25, 0.3) is 16.8 Å². The van der Waals surface area contributed by atoms with Gasteiger partial charge in [-0.1, -0.05) is 6.07 Å². The van der Waals surface area contributed by atoms with E-state index in [4.69, 9.17) is 14.6 Å².